The number of carboxylic acid groups (broad SMARTS) is 1. The Balaban J connectivity index is 2.75. The van der Waals surface area contributed by atoms with Gasteiger partial charge in [0.2, 0.25) is 5.91 Å². The zero-order chi connectivity index (χ0) is 15.0. The standard InChI is InChI=1S/C14H15NO5/c1-10(16)20-9-12(11-5-3-2-4-6-11)15-13(17)7-8-14(18)19/h2-8,12H,9H2,1H3,(H,15,17)(H,18,19)/b8-7-. The van der Waals surface area contributed by atoms with Crippen molar-refractivity contribution in [2.75, 3.05) is 6.61 Å². The van der Waals surface area contributed by atoms with E-state index in [4.69, 9.17) is 9.84 Å². The van der Waals surface area contributed by atoms with E-state index in [1.807, 2.05) is 6.07 Å². The Bertz CT molecular complexity index is 510. The minimum atomic E-state index is -1.21. The van der Waals surface area contributed by atoms with Crippen LogP contribution in [0, 0.1) is 0 Å². The molecule has 106 valence electrons. The molecule has 2 N–H and O–H groups in total. The van der Waals surface area contributed by atoms with Crippen LogP contribution in [-0.4, -0.2) is 29.6 Å². The summed E-state index contributed by atoms with van der Waals surface area (Å²) in [7, 11) is 0. The average molecular weight is 277 g/mol. The summed E-state index contributed by atoms with van der Waals surface area (Å²) < 4.78 is 4.89. The maximum atomic E-state index is 11.6. The largest absolute Gasteiger partial charge is 0.478 e. The van der Waals surface area contributed by atoms with Crippen molar-refractivity contribution in [2.45, 2.75) is 13.0 Å². The van der Waals surface area contributed by atoms with Crippen molar-refractivity contribution in [3.8, 4) is 0 Å². The van der Waals surface area contributed by atoms with Crippen LogP contribution in [0.4, 0.5) is 0 Å². The van der Waals surface area contributed by atoms with Crippen molar-refractivity contribution in [3.05, 3.63) is 48.0 Å². The van der Waals surface area contributed by atoms with E-state index >= 15 is 0 Å². The van der Waals surface area contributed by atoms with Gasteiger partial charge in [0.1, 0.15) is 6.61 Å². The number of esters is 1. The van der Waals surface area contributed by atoms with Gasteiger partial charge in [-0.25, -0.2) is 4.79 Å². The molecule has 6 nitrogen and oxygen atoms in total. The topological polar surface area (TPSA) is 92.7 Å². The molecule has 0 aliphatic carbocycles. The summed E-state index contributed by atoms with van der Waals surface area (Å²) in [6, 6.07) is 8.40. The Morgan fingerprint density at radius 2 is 1.90 bits per heavy atom. The number of ether oxygens (including phenoxy) is 1. The highest BCUT2D eigenvalue weighted by atomic mass is 16.5. The summed E-state index contributed by atoms with van der Waals surface area (Å²) >= 11 is 0. The van der Waals surface area contributed by atoms with Crippen molar-refractivity contribution in [3.63, 3.8) is 0 Å². The predicted octanol–water partition coefficient (Wildman–Crippen LogP) is 1.05. The SMILES string of the molecule is CC(=O)OCC(NC(=O)/C=C\C(=O)O)c1ccccc1. The molecule has 1 aromatic rings. The van der Waals surface area contributed by atoms with Crippen LogP contribution in [0.15, 0.2) is 42.5 Å². The van der Waals surface area contributed by atoms with Gasteiger partial charge in [0.05, 0.1) is 6.04 Å². The molecule has 0 fully saturated rings. The smallest absolute Gasteiger partial charge is 0.328 e. The Morgan fingerprint density at radius 3 is 2.45 bits per heavy atom. The third-order valence-electron chi connectivity index (χ3n) is 2.35. The Labute approximate surface area is 116 Å². The van der Waals surface area contributed by atoms with Crippen LogP contribution < -0.4 is 5.32 Å². The van der Waals surface area contributed by atoms with Crippen molar-refractivity contribution in [1.29, 1.82) is 0 Å². The maximum absolute atomic E-state index is 11.6. The minimum absolute atomic E-state index is 0.0218. The van der Waals surface area contributed by atoms with Crippen LogP contribution >= 0.6 is 0 Å². The van der Waals surface area contributed by atoms with E-state index in [-0.39, 0.29) is 6.61 Å². The first kappa shape index (κ1) is 15.4. The van der Waals surface area contributed by atoms with E-state index < -0.39 is 23.9 Å². The van der Waals surface area contributed by atoms with Crippen molar-refractivity contribution >= 4 is 17.8 Å². The molecule has 0 saturated heterocycles. The van der Waals surface area contributed by atoms with Gasteiger partial charge in [-0.2, -0.15) is 0 Å². The lowest BCUT2D eigenvalue weighted by atomic mass is 10.1. The van der Waals surface area contributed by atoms with Gasteiger partial charge in [0.25, 0.3) is 0 Å². The van der Waals surface area contributed by atoms with E-state index in [1.165, 1.54) is 6.92 Å². The number of nitrogens with one attached hydrogen (secondary N) is 1. The lowest BCUT2D eigenvalue weighted by molar-refractivity contribution is -0.142. The number of aliphatic carboxylic acids is 1. The Morgan fingerprint density at radius 1 is 1.25 bits per heavy atom. The summed E-state index contributed by atoms with van der Waals surface area (Å²) in [6.07, 6.45) is 1.65. The summed E-state index contributed by atoms with van der Waals surface area (Å²) in [5.41, 5.74) is 0.755. The molecule has 0 aliphatic heterocycles. The number of hydrogen-bond acceptors (Lipinski definition) is 4. The summed E-state index contributed by atoms with van der Waals surface area (Å²) in [4.78, 5) is 32.8. The van der Waals surface area contributed by atoms with Gasteiger partial charge in [0, 0.05) is 19.1 Å². The van der Waals surface area contributed by atoms with E-state index in [0.717, 1.165) is 17.7 Å². The lowest BCUT2D eigenvalue weighted by Gasteiger charge is -2.17. The quantitative estimate of drug-likeness (QED) is 0.599. The zero-order valence-corrected chi connectivity index (χ0v) is 10.9. The van der Waals surface area contributed by atoms with E-state index in [0.29, 0.717) is 0 Å². The molecule has 0 radical (unpaired) electrons. The number of carboxylic acids is 1. The van der Waals surface area contributed by atoms with Gasteiger partial charge in [-0.1, -0.05) is 30.3 Å². The minimum Gasteiger partial charge on any atom is -0.478 e. The summed E-state index contributed by atoms with van der Waals surface area (Å²) in [6.45, 7) is 1.25. The summed E-state index contributed by atoms with van der Waals surface area (Å²) in [5, 5.41) is 11.0. The first-order chi connectivity index (χ1) is 9.49. The van der Waals surface area contributed by atoms with Crippen molar-refractivity contribution < 1.29 is 24.2 Å². The first-order valence-electron chi connectivity index (χ1n) is 5.89. The number of amides is 1. The Hall–Kier alpha value is -2.63. The molecule has 0 aromatic heterocycles. The molecule has 6 heteroatoms. The van der Waals surface area contributed by atoms with Crippen molar-refractivity contribution in [2.24, 2.45) is 0 Å². The lowest BCUT2D eigenvalue weighted by Crippen LogP contribution is -2.30. The maximum Gasteiger partial charge on any atom is 0.328 e. The average Bonchev–Trinajstić information content (AvgIpc) is 2.42. The van der Waals surface area contributed by atoms with Crippen LogP contribution in [-0.2, 0) is 19.1 Å². The molecule has 1 rings (SSSR count). The third-order valence-corrected chi connectivity index (χ3v) is 2.35. The molecule has 1 aromatic carbocycles. The van der Waals surface area contributed by atoms with Gasteiger partial charge in [-0.15, -0.1) is 0 Å². The van der Waals surface area contributed by atoms with Crippen LogP contribution in [0.25, 0.3) is 0 Å². The van der Waals surface area contributed by atoms with E-state index in [9.17, 15) is 14.4 Å². The highest BCUT2D eigenvalue weighted by Crippen LogP contribution is 2.13. The van der Waals surface area contributed by atoms with Gasteiger partial charge in [0.15, 0.2) is 0 Å². The van der Waals surface area contributed by atoms with Crippen LogP contribution in [0.1, 0.15) is 18.5 Å². The van der Waals surface area contributed by atoms with Gasteiger partial charge >= 0.3 is 11.9 Å². The number of carbonyl (C=O) groups excluding carboxylic acids is 2. The molecule has 1 atom stereocenters. The molecular weight excluding hydrogens is 262 g/mol. The normalized spacial score (nSPS) is 11.8. The molecule has 0 saturated carbocycles. The number of benzene rings is 1. The van der Waals surface area contributed by atoms with Gasteiger partial charge < -0.3 is 15.2 Å². The highest BCUT2D eigenvalue weighted by molar-refractivity contribution is 5.94. The third kappa shape index (κ3) is 5.81. The van der Waals surface area contributed by atoms with Gasteiger partial charge in [-0.05, 0) is 5.56 Å². The number of rotatable bonds is 6. The van der Waals surface area contributed by atoms with Gasteiger partial charge in [-0.3, -0.25) is 9.59 Å². The van der Waals surface area contributed by atoms with E-state index in [2.05, 4.69) is 5.32 Å². The summed E-state index contributed by atoms with van der Waals surface area (Å²) in [5.74, 6) is -2.24. The fourth-order valence-corrected chi connectivity index (χ4v) is 1.47. The molecule has 1 amide bonds. The molecule has 0 spiro atoms. The van der Waals surface area contributed by atoms with Crippen LogP contribution in [0.2, 0.25) is 0 Å². The second-order valence-corrected chi connectivity index (χ2v) is 3.95. The van der Waals surface area contributed by atoms with Crippen molar-refractivity contribution in [1.82, 2.24) is 5.32 Å². The zero-order valence-electron chi connectivity index (χ0n) is 10.9. The molecule has 1 unspecified atom stereocenters. The fourth-order valence-electron chi connectivity index (χ4n) is 1.47. The van der Waals surface area contributed by atoms with Crippen LogP contribution in [0.5, 0.6) is 0 Å². The monoisotopic (exact) mass is 277 g/mol. The second kappa shape index (κ2) is 7.73. The molecule has 0 heterocycles. The molecule has 20 heavy (non-hydrogen) atoms. The fraction of sp³-hybridized carbons (Fsp3) is 0.214. The molecular formula is C14H15NO5. The first-order valence-corrected chi connectivity index (χ1v) is 5.89. The number of carbonyl (C=O) groups is 3. The second-order valence-electron chi connectivity index (χ2n) is 3.95. The number of hydrogen-bond donors (Lipinski definition) is 2. The van der Waals surface area contributed by atoms with Crippen LogP contribution in [0.3, 0.4) is 0 Å². The Kier molecular flexibility index (Phi) is 5.96. The predicted molar refractivity (Wildman–Crippen MR) is 70.7 cm³/mol. The molecule has 0 aliphatic rings. The highest BCUT2D eigenvalue weighted by Gasteiger charge is 2.14. The molecule has 0 bridgehead atoms. The van der Waals surface area contributed by atoms with E-state index in [1.54, 1.807) is 24.3 Å².